The fourth-order valence-corrected chi connectivity index (χ4v) is 2.35. The highest BCUT2D eigenvalue weighted by atomic mass is 79.9. The number of nitrogens with zero attached hydrogens (tertiary/aromatic N) is 1. The Balaban J connectivity index is 2.20. The van der Waals surface area contributed by atoms with Gasteiger partial charge >= 0.3 is 0 Å². The number of amides is 1. The average molecular weight is 301 g/mol. The van der Waals surface area contributed by atoms with Gasteiger partial charge in [0.2, 0.25) is 0 Å². The normalized spacial score (nSPS) is 19.4. The molecule has 1 heterocycles. The highest BCUT2D eigenvalue weighted by Crippen LogP contribution is 2.18. The van der Waals surface area contributed by atoms with Crippen LogP contribution in [0.25, 0.3) is 0 Å². The minimum absolute atomic E-state index is 0.119. The van der Waals surface area contributed by atoms with E-state index in [0.29, 0.717) is 4.47 Å². The lowest BCUT2D eigenvalue weighted by atomic mass is 10.1. The maximum absolute atomic E-state index is 13.6. The summed E-state index contributed by atoms with van der Waals surface area (Å²) >= 11 is 3.25. The molecule has 0 bridgehead atoms. The Hall–Kier alpha value is -0.940. The van der Waals surface area contributed by atoms with Gasteiger partial charge in [-0.15, -0.1) is 0 Å². The van der Waals surface area contributed by atoms with Crippen molar-refractivity contribution in [1.82, 2.24) is 10.2 Å². The number of carbonyl (C=O) groups is 1. The van der Waals surface area contributed by atoms with E-state index in [4.69, 9.17) is 0 Å². The predicted octanol–water partition coefficient (Wildman–Crippen LogP) is 2.02. The molecule has 1 aromatic rings. The summed E-state index contributed by atoms with van der Waals surface area (Å²) in [5.74, 6) is -0.742. The topological polar surface area (TPSA) is 32.3 Å². The molecule has 1 amide bonds. The maximum Gasteiger partial charge on any atom is 0.256 e. The van der Waals surface area contributed by atoms with E-state index in [1.807, 2.05) is 0 Å². The zero-order valence-electron chi connectivity index (χ0n) is 9.54. The lowest BCUT2D eigenvalue weighted by Crippen LogP contribution is -2.38. The lowest BCUT2D eigenvalue weighted by molar-refractivity contribution is 0.0739. The molecule has 0 radical (unpaired) electrons. The number of halogens is 2. The predicted molar refractivity (Wildman–Crippen MR) is 67.5 cm³/mol. The van der Waals surface area contributed by atoms with Crippen molar-refractivity contribution in [3.05, 3.63) is 34.1 Å². The van der Waals surface area contributed by atoms with Crippen LogP contribution in [0.15, 0.2) is 22.7 Å². The number of benzene rings is 1. The largest absolute Gasteiger partial charge is 0.337 e. The van der Waals surface area contributed by atoms with E-state index >= 15 is 0 Å². The quantitative estimate of drug-likeness (QED) is 0.906. The molecule has 1 aliphatic rings. The van der Waals surface area contributed by atoms with E-state index < -0.39 is 5.82 Å². The zero-order chi connectivity index (χ0) is 12.4. The SMILES string of the molecule is CN(C(=O)c1cc(Br)ccc1F)C1CCNC1. The van der Waals surface area contributed by atoms with Gasteiger partial charge in [0.15, 0.2) is 0 Å². The van der Waals surface area contributed by atoms with Gasteiger partial charge in [0.1, 0.15) is 5.82 Å². The molecule has 1 saturated heterocycles. The maximum atomic E-state index is 13.6. The molecule has 0 aliphatic carbocycles. The van der Waals surface area contributed by atoms with Gasteiger partial charge in [-0.25, -0.2) is 4.39 Å². The number of hydrogen-bond acceptors (Lipinski definition) is 2. The highest BCUT2D eigenvalue weighted by Gasteiger charge is 2.25. The fraction of sp³-hybridized carbons (Fsp3) is 0.417. The second kappa shape index (κ2) is 5.14. The van der Waals surface area contributed by atoms with Crippen LogP contribution in [0.5, 0.6) is 0 Å². The Bertz CT molecular complexity index is 433. The molecule has 1 N–H and O–H groups in total. The van der Waals surface area contributed by atoms with Gasteiger partial charge in [-0.2, -0.15) is 0 Å². The van der Waals surface area contributed by atoms with Gasteiger partial charge in [-0.3, -0.25) is 4.79 Å². The van der Waals surface area contributed by atoms with Crippen LogP contribution in [-0.2, 0) is 0 Å². The van der Waals surface area contributed by atoms with E-state index in [0.717, 1.165) is 19.5 Å². The molecule has 1 fully saturated rings. The summed E-state index contributed by atoms with van der Waals surface area (Å²) in [5.41, 5.74) is 0.119. The monoisotopic (exact) mass is 300 g/mol. The molecule has 0 spiro atoms. The van der Waals surface area contributed by atoms with Crippen molar-refractivity contribution in [3.63, 3.8) is 0 Å². The van der Waals surface area contributed by atoms with E-state index in [-0.39, 0.29) is 17.5 Å². The Labute approximate surface area is 108 Å². The van der Waals surface area contributed by atoms with Gasteiger partial charge in [0.05, 0.1) is 5.56 Å². The van der Waals surface area contributed by atoms with Crippen LogP contribution < -0.4 is 5.32 Å². The summed E-state index contributed by atoms with van der Waals surface area (Å²) < 4.78 is 14.3. The van der Waals surface area contributed by atoms with Crippen molar-refractivity contribution in [2.24, 2.45) is 0 Å². The first-order valence-electron chi connectivity index (χ1n) is 5.52. The minimum atomic E-state index is -0.476. The molecule has 17 heavy (non-hydrogen) atoms. The third-order valence-electron chi connectivity index (χ3n) is 3.06. The summed E-state index contributed by atoms with van der Waals surface area (Å²) in [6.07, 6.45) is 0.915. The molecule has 0 aromatic heterocycles. The van der Waals surface area contributed by atoms with Crippen LogP contribution >= 0.6 is 15.9 Å². The van der Waals surface area contributed by atoms with Crippen LogP contribution in [0.1, 0.15) is 16.8 Å². The van der Waals surface area contributed by atoms with Gasteiger partial charge < -0.3 is 10.2 Å². The van der Waals surface area contributed by atoms with Crippen LogP contribution in [0.2, 0.25) is 0 Å². The highest BCUT2D eigenvalue weighted by molar-refractivity contribution is 9.10. The van der Waals surface area contributed by atoms with E-state index in [9.17, 15) is 9.18 Å². The molecule has 92 valence electrons. The van der Waals surface area contributed by atoms with E-state index in [1.165, 1.54) is 12.1 Å². The van der Waals surface area contributed by atoms with Gasteiger partial charge in [-0.05, 0) is 31.2 Å². The molecule has 1 atom stereocenters. The lowest BCUT2D eigenvalue weighted by Gasteiger charge is -2.24. The second-order valence-electron chi connectivity index (χ2n) is 4.19. The molecule has 1 aromatic carbocycles. The second-order valence-corrected chi connectivity index (χ2v) is 5.10. The van der Waals surface area contributed by atoms with Crippen LogP contribution in [0.3, 0.4) is 0 Å². The molecular formula is C12H14BrFN2O. The summed E-state index contributed by atoms with van der Waals surface area (Å²) in [4.78, 5) is 13.8. The summed E-state index contributed by atoms with van der Waals surface area (Å²) in [6.45, 7) is 1.68. The first-order chi connectivity index (χ1) is 8.09. The van der Waals surface area contributed by atoms with Gasteiger partial charge in [0, 0.05) is 24.1 Å². The van der Waals surface area contributed by atoms with Crippen molar-refractivity contribution < 1.29 is 9.18 Å². The number of likely N-dealkylation sites (N-methyl/N-ethyl adjacent to an activating group) is 1. The van der Waals surface area contributed by atoms with Crippen LogP contribution in [0, 0.1) is 5.82 Å². The standard InChI is InChI=1S/C12H14BrFN2O/c1-16(9-4-5-15-7-9)12(17)10-6-8(13)2-3-11(10)14/h2-3,6,9,15H,4-5,7H2,1H3. The Morgan fingerprint density at radius 2 is 2.35 bits per heavy atom. The van der Waals surface area contributed by atoms with E-state index in [1.54, 1.807) is 18.0 Å². The summed E-state index contributed by atoms with van der Waals surface area (Å²) in [6, 6.07) is 4.57. The van der Waals surface area contributed by atoms with Crippen molar-refractivity contribution in [1.29, 1.82) is 0 Å². The molecule has 2 rings (SSSR count). The molecular weight excluding hydrogens is 287 g/mol. The number of nitrogens with one attached hydrogen (secondary N) is 1. The number of carbonyl (C=O) groups excluding carboxylic acids is 1. The van der Waals surface area contributed by atoms with E-state index in [2.05, 4.69) is 21.2 Å². The van der Waals surface area contributed by atoms with Crippen molar-refractivity contribution in [2.75, 3.05) is 20.1 Å². The van der Waals surface area contributed by atoms with Crippen LogP contribution in [0.4, 0.5) is 4.39 Å². The summed E-state index contributed by atoms with van der Waals surface area (Å²) in [5, 5.41) is 3.19. The molecule has 1 unspecified atom stereocenters. The minimum Gasteiger partial charge on any atom is -0.337 e. The third-order valence-corrected chi connectivity index (χ3v) is 3.55. The first kappa shape index (κ1) is 12.5. The number of rotatable bonds is 2. The molecule has 1 aliphatic heterocycles. The van der Waals surface area contributed by atoms with Crippen molar-refractivity contribution in [2.45, 2.75) is 12.5 Å². The summed E-state index contributed by atoms with van der Waals surface area (Å²) in [7, 11) is 1.72. The van der Waals surface area contributed by atoms with Crippen molar-refractivity contribution >= 4 is 21.8 Å². The third kappa shape index (κ3) is 2.66. The van der Waals surface area contributed by atoms with Crippen LogP contribution in [-0.4, -0.2) is 37.0 Å². The van der Waals surface area contributed by atoms with Gasteiger partial charge in [-0.1, -0.05) is 15.9 Å². The Morgan fingerprint density at radius 1 is 1.59 bits per heavy atom. The molecule has 5 heteroatoms. The zero-order valence-corrected chi connectivity index (χ0v) is 11.1. The van der Waals surface area contributed by atoms with Gasteiger partial charge in [0.25, 0.3) is 5.91 Å². The number of hydrogen-bond donors (Lipinski definition) is 1. The molecule has 3 nitrogen and oxygen atoms in total. The Kier molecular flexibility index (Phi) is 3.79. The van der Waals surface area contributed by atoms with Crippen molar-refractivity contribution in [3.8, 4) is 0 Å². The Morgan fingerprint density at radius 3 is 3.00 bits per heavy atom. The average Bonchev–Trinajstić information content (AvgIpc) is 2.84. The fourth-order valence-electron chi connectivity index (χ4n) is 1.99. The first-order valence-corrected chi connectivity index (χ1v) is 6.32. The smallest absolute Gasteiger partial charge is 0.256 e. The molecule has 0 saturated carbocycles.